The van der Waals surface area contributed by atoms with Gasteiger partial charge < -0.3 is 14.7 Å². The standard InChI is InChI=1S/C26H31N7O5/c34-24-9-10-32(26(36)27-24)22-5-1-20(2-6-22)29-13-11-28(12-14-29)19-25(35)31-17-15-30(16-18-31)21-3-7-23(8-4-21)33(37)38/h1-8H,9-19H2,(H,27,34,36). The fourth-order valence-electron chi connectivity index (χ4n) is 5.11. The second-order valence-corrected chi connectivity index (χ2v) is 9.68. The van der Waals surface area contributed by atoms with E-state index in [0.717, 1.165) is 43.2 Å². The number of rotatable bonds is 6. The SMILES string of the molecule is O=C1CCN(c2ccc(N3CCN(CC(=O)N4CCN(c5ccc([N+](=O)[O-])cc5)CC4)CC3)cc2)C(=O)N1. The molecule has 12 nitrogen and oxygen atoms in total. The summed E-state index contributed by atoms with van der Waals surface area (Å²) in [4.78, 5) is 56.9. The number of amides is 4. The highest BCUT2D eigenvalue weighted by molar-refractivity contribution is 6.05. The second-order valence-electron chi connectivity index (χ2n) is 9.68. The van der Waals surface area contributed by atoms with Gasteiger partial charge in [-0.15, -0.1) is 0 Å². The predicted octanol–water partition coefficient (Wildman–Crippen LogP) is 1.51. The van der Waals surface area contributed by atoms with Gasteiger partial charge >= 0.3 is 6.03 Å². The van der Waals surface area contributed by atoms with Gasteiger partial charge in [0.15, 0.2) is 0 Å². The molecular formula is C26H31N7O5. The van der Waals surface area contributed by atoms with Crippen LogP contribution >= 0.6 is 0 Å². The summed E-state index contributed by atoms with van der Waals surface area (Å²) in [6, 6.07) is 13.9. The number of anilines is 3. The zero-order valence-electron chi connectivity index (χ0n) is 21.1. The lowest BCUT2D eigenvalue weighted by Gasteiger charge is -2.39. The first kappa shape index (κ1) is 25.5. The fourth-order valence-corrected chi connectivity index (χ4v) is 5.11. The van der Waals surface area contributed by atoms with Crippen LogP contribution in [0.2, 0.25) is 0 Å². The third-order valence-electron chi connectivity index (χ3n) is 7.37. The number of urea groups is 1. The predicted molar refractivity (Wildman–Crippen MR) is 142 cm³/mol. The minimum atomic E-state index is -0.404. The molecule has 0 saturated carbocycles. The molecule has 0 aromatic heterocycles. The number of non-ortho nitro benzene ring substituents is 1. The summed E-state index contributed by atoms with van der Waals surface area (Å²) >= 11 is 0. The number of nitrogens with one attached hydrogen (secondary N) is 1. The topological polar surface area (TPSA) is 123 Å². The molecule has 0 spiro atoms. The highest BCUT2D eigenvalue weighted by atomic mass is 16.6. The summed E-state index contributed by atoms with van der Waals surface area (Å²) in [5.74, 6) is -0.117. The van der Waals surface area contributed by atoms with Crippen molar-refractivity contribution in [3.05, 3.63) is 58.6 Å². The number of hydrogen-bond donors (Lipinski definition) is 1. The summed E-state index contributed by atoms with van der Waals surface area (Å²) in [6.07, 6.45) is 0.295. The van der Waals surface area contributed by atoms with E-state index in [2.05, 4.69) is 20.0 Å². The Hall–Kier alpha value is -4.19. The second kappa shape index (κ2) is 11.1. The fraction of sp³-hybridized carbons (Fsp3) is 0.423. The number of nitro benzene ring substituents is 1. The molecule has 12 heteroatoms. The van der Waals surface area contributed by atoms with Crippen molar-refractivity contribution in [1.29, 1.82) is 0 Å². The van der Waals surface area contributed by atoms with Crippen molar-refractivity contribution in [1.82, 2.24) is 15.1 Å². The number of hydrogen-bond acceptors (Lipinski definition) is 8. The molecule has 1 N–H and O–H groups in total. The molecular weight excluding hydrogens is 490 g/mol. The van der Waals surface area contributed by atoms with Crippen molar-refractivity contribution in [2.24, 2.45) is 0 Å². The van der Waals surface area contributed by atoms with Crippen LogP contribution in [-0.4, -0.2) is 98.0 Å². The first-order chi connectivity index (χ1) is 18.4. The Labute approximate surface area is 220 Å². The molecule has 3 aliphatic heterocycles. The number of imide groups is 1. The van der Waals surface area contributed by atoms with Crippen LogP contribution in [0, 0.1) is 10.1 Å². The Morgan fingerprint density at radius 3 is 1.84 bits per heavy atom. The average Bonchev–Trinajstić information content (AvgIpc) is 2.94. The van der Waals surface area contributed by atoms with Gasteiger partial charge in [0.25, 0.3) is 5.69 Å². The number of nitro groups is 1. The van der Waals surface area contributed by atoms with Gasteiger partial charge in [0.2, 0.25) is 11.8 Å². The van der Waals surface area contributed by atoms with Crippen LogP contribution in [0.1, 0.15) is 6.42 Å². The molecule has 0 aliphatic carbocycles. The Morgan fingerprint density at radius 2 is 1.29 bits per heavy atom. The lowest BCUT2D eigenvalue weighted by atomic mass is 10.2. The molecule has 0 unspecified atom stereocenters. The molecule has 3 saturated heterocycles. The Bertz CT molecular complexity index is 1190. The lowest BCUT2D eigenvalue weighted by molar-refractivity contribution is -0.384. The van der Waals surface area contributed by atoms with E-state index in [-0.39, 0.29) is 23.5 Å². The van der Waals surface area contributed by atoms with Gasteiger partial charge in [0.05, 0.1) is 11.5 Å². The van der Waals surface area contributed by atoms with Crippen LogP contribution in [0.15, 0.2) is 48.5 Å². The number of carbonyl (C=O) groups is 3. The first-order valence-corrected chi connectivity index (χ1v) is 12.8. The van der Waals surface area contributed by atoms with Gasteiger partial charge in [0, 0.05) is 94.5 Å². The van der Waals surface area contributed by atoms with E-state index in [1.165, 1.54) is 12.1 Å². The van der Waals surface area contributed by atoms with E-state index in [1.54, 1.807) is 17.0 Å². The molecule has 200 valence electrons. The highest BCUT2D eigenvalue weighted by Gasteiger charge is 2.26. The third-order valence-corrected chi connectivity index (χ3v) is 7.37. The summed E-state index contributed by atoms with van der Waals surface area (Å²) in [6.45, 7) is 6.61. The van der Waals surface area contributed by atoms with Crippen LogP contribution in [0.5, 0.6) is 0 Å². The minimum absolute atomic E-state index is 0.0740. The van der Waals surface area contributed by atoms with Gasteiger partial charge in [-0.05, 0) is 36.4 Å². The third kappa shape index (κ3) is 5.70. The van der Waals surface area contributed by atoms with Gasteiger partial charge in [-0.2, -0.15) is 0 Å². The molecule has 0 bridgehead atoms. The van der Waals surface area contributed by atoms with Gasteiger partial charge in [-0.25, -0.2) is 4.79 Å². The Morgan fingerprint density at radius 1 is 0.763 bits per heavy atom. The van der Waals surface area contributed by atoms with E-state index < -0.39 is 4.92 Å². The molecule has 4 amide bonds. The van der Waals surface area contributed by atoms with Crippen molar-refractivity contribution in [2.45, 2.75) is 6.42 Å². The maximum atomic E-state index is 12.9. The maximum Gasteiger partial charge on any atom is 0.328 e. The Kier molecular flexibility index (Phi) is 7.40. The summed E-state index contributed by atoms with van der Waals surface area (Å²) < 4.78 is 0. The smallest absolute Gasteiger partial charge is 0.328 e. The molecule has 0 radical (unpaired) electrons. The zero-order valence-corrected chi connectivity index (χ0v) is 21.1. The average molecular weight is 522 g/mol. The van der Waals surface area contributed by atoms with Crippen molar-refractivity contribution < 1.29 is 19.3 Å². The molecule has 5 rings (SSSR count). The molecule has 3 aliphatic rings. The highest BCUT2D eigenvalue weighted by Crippen LogP contribution is 2.24. The first-order valence-electron chi connectivity index (χ1n) is 12.8. The molecule has 2 aromatic rings. The van der Waals surface area contributed by atoms with Crippen LogP contribution in [0.4, 0.5) is 27.5 Å². The van der Waals surface area contributed by atoms with Crippen molar-refractivity contribution in [3.8, 4) is 0 Å². The van der Waals surface area contributed by atoms with E-state index in [4.69, 9.17) is 0 Å². The molecule has 0 atom stereocenters. The maximum absolute atomic E-state index is 12.9. The van der Waals surface area contributed by atoms with Crippen LogP contribution < -0.4 is 20.0 Å². The van der Waals surface area contributed by atoms with E-state index in [0.29, 0.717) is 45.7 Å². The molecule has 3 heterocycles. The van der Waals surface area contributed by atoms with Gasteiger partial charge in [-0.3, -0.25) is 34.8 Å². The summed E-state index contributed by atoms with van der Waals surface area (Å²) in [5.41, 5.74) is 2.83. The van der Waals surface area contributed by atoms with E-state index in [9.17, 15) is 24.5 Å². The van der Waals surface area contributed by atoms with Crippen LogP contribution in [0.3, 0.4) is 0 Å². The number of nitrogens with zero attached hydrogens (tertiary/aromatic N) is 6. The summed E-state index contributed by atoms with van der Waals surface area (Å²) in [7, 11) is 0. The minimum Gasteiger partial charge on any atom is -0.369 e. The normalized spacial score (nSPS) is 18.9. The van der Waals surface area contributed by atoms with Gasteiger partial charge in [-0.1, -0.05) is 0 Å². The summed E-state index contributed by atoms with van der Waals surface area (Å²) in [5, 5.41) is 13.2. The Balaban J connectivity index is 1.06. The van der Waals surface area contributed by atoms with Crippen molar-refractivity contribution in [2.75, 3.05) is 80.1 Å². The van der Waals surface area contributed by atoms with Crippen molar-refractivity contribution in [3.63, 3.8) is 0 Å². The monoisotopic (exact) mass is 521 g/mol. The molecule has 38 heavy (non-hydrogen) atoms. The number of carbonyl (C=O) groups excluding carboxylic acids is 3. The van der Waals surface area contributed by atoms with E-state index in [1.807, 2.05) is 29.2 Å². The quantitative estimate of drug-likeness (QED) is 0.448. The number of benzene rings is 2. The number of piperazine rings is 2. The van der Waals surface area contributed by atoms with E-state index >= 15 is 0 Å². The largest absolute Gasteiger partial charge is 0.369 e. The zero-order chi connectivity index (χ0) is 26.6. The van der Waals surface area contributed by atoms with Crippen LogP contribution in [0.25, 0.3) is 0 Å². The van der Waals surface area contributed by atoms with Crippen LogP contribution in [-0.2, 0) is 9.59 Å². The van der Waals surface area contributed by atoms with Gasteiger partial charge in [0.1, 0.15) is 0 Å². The lowest BCUT2D eigenvalue weighted by Crippen LogP contribution is -2.54. The molecule has 2 aromatic carbocycles. The van der Waals surface area contributed by atoms with Crippen molar-refractivity contribution >= 4 is 40.6 Å². The molecule has 3 fully saturated rings.